The number of benzene rings is 10. The van der Waals surface area contributed by atoms with Gasteiger partial charge >= 0.3 is 0 Å². The van der Waals surface area contributed by atoms with Crippen molar-refractivity contribution in [1.82, 2.24) is 4.57 Å². The summed E-state index contributed by atoms with van der Waals surface area (Å²) in [5, 5.41) is 7.30. The highest BCUT2D eigenvalue weighted by molar-refractivity contribution is 6.18. The zero-order valence-electron chi connectivity index (χ0n) is 33.2. The normalized spacial score (nSPS) is 11.6. The van der Waals surface area contributed by atoms with Crippen molar-refractivity contribution in [3.05, 3.63) is 231 Å². The summed E-state index contributed by atoms with van der Waals surface area (Å²) in [6.45, 7) is 0. The van der Waals surface area contributed by atoms with Crippen LogP contribution in [0.4, 0.5) is 17.1 Å². The fourth-order valence-corrected chi connectivity index (χ4v) is 9.25. The van der Waals surface area contributed by atoms with E-state index in [1.165, 1.54) is 49.3 Å². The van der Waals surface area contributed by atoms with Crippen LogP contribution in [0, 0.1) is 0 Å². The Hall–Kier alpha value is -8.14. The van der Waals surface area contributed by atoms with Crippen molar-refractivity contribution in [2.24, 2.45) is 0 Å². The standard InChI is InChI=1S/C58H38N2O/c1-2-11-39(12-3-1)40-21-30-45(31-22-40)59(47-36-27-44(28-37-47)50-17-10-18-54-52-16-7-9-20-56(52)61-58(50)54)46-32-23-41(24-33-46)42-25-34-48(35-26-42)60-55-19-8-6-15-51(55)53-38-29-43-13-4-5-14-49(43)57(53)60/h1-38H. The van der Waals surface area contributed by atoms with Crippen molar-refractivity contribution < 1.29 is 4.42 Å². The summed E-state index contributed by atoms with van der Waals surface area (Å²) >= 11 is 0. The summed E-state index contributed by atoms with van der Waals surface area (Å²) < 4.78 is 8.83. The molecule has 0 aliphatic rings. The Morgan fingerprint density at radius 1 is 0.328 bits per heavy atom. The highest BCUT2D eigenvalue weighted by atomic mass is 16.3. The molecule has 0 radical (unpaired) electrons. The second-order valence-electron chi connectivity index (χ2n) is 15.7. The van der Waals surface area contributed by atoms with Gasteiger partial charge in [0.05, 0.1) is 11.0 Å². The molecule has 3 heteroatoms. The lowest BCUT2D eigenvalue weighted by atomic mass is 10.0. The van der Waals surface area contributed by atoms with E-state index in [0.717, 1.165) is 61.4 Å². The van der Waals surface area contributed by atoms with Crippen LogP contribution in [0.3, 0.4) is 0 Å². The minimum absolute atomic E-state index is 0.906. The summed E-state index contributed by atoms with van der Waals surface area (Å²) in [7, 11) is 0. The van der Waals surface area contributed by atoms with Crippen LogP contribution in [0.25, 0.3) is 93.6 Å². The van der Waals surface area contributed by atoms with E-state index < -0.39 is 0 Å². The molecular formula is C58H38N2O. The fraction of sp³-hybridized carbons (Fsp3) is 0. The second kappa shape index (κ2) is 14.3. The Labute approximate surface area is 353 Å². The largest absolute Gasteiger partial charge is 0.455 e. The highest BCUT2D eigenvalue weighted by Crippen LogP contribution is 2.41. The third-order valence-corrected chi connectivity index (χ3v) is 12.2. The maximum Gasteiger partial charge on any atom is 0.143 e. The number of aromatic nitrogens is 1. The van der Waals surface area contributed by atoms with E-state index in [-0.39, 0.29) is 0 Å². The maximum atomic E-state index is 6.41. The molecule has 12 aromatic rings. The molecule has 0 aliphatic heterocycles. The number of anilines is 3. The lowest BCUT2D eigenvalue weighted by Gasteiger charge is -2.26. The van der Waals surface area contributed by atoms with E-state index in [2.05, 4.69) is 228 Å². The Bertz CT molecular complexity index is 3540. The predicted molar refractivity (Wildman–Crippen MR) is 257 cm³/mol. The van der Waals surface area contributed by atoms with Gasteiger partial charge in [-0.2, -0.15) is 0 Å². The van der Waals surface area contributed by atoms with Crippen LogP contribution in [-0.4, -0.2) is 4.57 Å². The molecule has 0 atom stereocenters. The Balaban J connectivity index is 0.907. The molecule has 2 aromatic heterocycles. The van der Waals surface area contributed by atoms with Crippen LogP contribution < -0.4 is 4.90 Å². The molecule has 0 fully saturated rings. The summed E-state index contributed by atoms with van der Waals surface area (Å²) in [6.07, 6.45) is 0. The predicted octanol–water partition coefficient (Wildman–Crippen LogP) is 16.3. The average Bonchev–Trinajstić information content (AvgIpc) is 3.89. The zero-order chi connectivity index (χ0) is 40.3. The molecule has 12 rings (SSSR count). The summed E-state index contributed by atoms with van der Waals surface area (Å²) in [4.78, 5) is 2.33. The first kappa shape index (κ1) is 34.9. The molecule has 10 aromatic carbocycles. The first-order chi connectivity index (χ1) is 30.2. The lowest BCUT2D eigenvalue weighted by molar-refractivity contribution is 0.670. The number of para-hydroxylation sites is 3. The quantitative estimate of drug-likeness (QED) is 0.161. The van der Waals surface area contributed by atoms with Gasteiger partial charge in [-0.25, -0.2) is 0 Å². The number of fused-ring (bicyclic) bond motifs is 8. The smallest absolute Gasteiger partial charge is 0.143 e. The van der Waals surface area contributed by atoms with Crippen LogP contribution in [-0.2, 0) is 0 Å². The van der Waals surface area contributed by atoms with E-state index >= 15 is 0 Å². The number of nitrogens with zero attached hydrogens (tertiary/aromatic N) is 2. The molecule has 0 saturated heterocycles. The first-order valence-electron chi connectivity index (χ1n) is 20.8. The van der Waals surface area contributed by atoms with Crippen molar-refractivity contribution in [3.8, 4) is 39.1 Å². The SMILES string of the molecule is c1ccc(-c2ccc(N(c3ccc(-c4ccc(-n5c6ccccc6c6ccc7ccccc7c65)cc4)cc3)c3ccc(-c4cccc5c4oc4ccccc45)cc3)cc2)cc1. The van der Waals surface area contributed by atoms with E-state index in [4.69, 9.17) is 4.42 Å². The van der Waals surface area contributed by atoms with E-state index in [9.17, 15) is 0 Å². The Morgan fingerprint density at radius 3 is 1.54 bits per heavy atom. The van der Waals surface area contributed by atoms with E-state index in [1.54, 1.807) is 0 Å². The molecule has 2 heterocycles. The fourth-order valence-electron chi connectivity index (χ4n) is 9.25. The Kier molecular flexibility index (Phi) is 8.17. The second-order valence-corrected chi connectivity index (χ2v) is 15.7. The number of hydrogen-bond donors (Lipinski definition) is 0. The van der Waals surface area contributed by atoms with E-state index in [0.29, 0.717) is 0 Å². The molecule has 286 valence electrons. The summed E-state index contributed by atoms with van der Waals surface area (Å²) in [6, 6.07) is 82.8. The van der Waals surface area contributed by atoms with Gasteiger partial charge < -0.3 is 13.9 Å². The first-order valence-corrected chi connectivity index (χ1v) is 20.8. The molecule has 0 bridgehead atoms. The van der Waals surface area contributed by atoms with Crippen molar-refractivity contribution in [1.29, 1.82) is 0 Å². The third kappa shape index (κ3) is 5.90. The number of furan rings is 1. The van der Waals surface area contributed by atoms with Gasteiger partial charge in [0.25, 0.3) is 0 Å². The molecule has 3 nitrogen and oxygen atoms in total. The summed E-state index contributed by atoms with van der Waals surface area (Å²) in [5.74, 6) is 0. The average molecular weight is 779 g/mol. The monoisotopic (exact) mass is 778 g/mol. The van der Waals surface area contributed by atoms with Gasteiger partial charge in [-0.05, 0) is 93.9 Å². The molecule has 61 heavy (non-hydrogen) atoms. The molecule has 0 saturated carbocycles. The van der Waals surface area contributed by atoms with Gasteiger partial charge in [0.15, 0.2) is 0 Å². The van der Waals surface area contributed by atoms with Gasteiger partial charge in [0.2, 0.25) is 0 Å². The third-order valence-electron chi connectivity index (χ3n) is 12.2. The summed E-state index contributed by atoms with van der Waals surface area (Å²) in [5.41, 5.74) is 15.6. The van der Waals surface area contributed by atoms with Crippen LogP contribution in [0.1, 0.15) is 0 Å². The van der Waals surface area contributed by atoms with Gasteiger partial charge in [0, 0.05) is 55.2 Å². The number of rotatable bonds is 7. The van der Waals surface area contributed by atoms with Gasteiger partial charge in [-0.1, -0.05) is 170 Å². The van der Waals surface area contributed by atoms with Crippen molar-refractivity contribution in [3.63, 3.8) is 0 Å². The zero-order valence-corrected chi connectivity index (χ0v) is 33.2. The maximum absolute atomic E-state index is 6.41. The number of hydrogen-bond acceptors (Lipinski definition) is 2. The van der Waals surface area contributed by atoms with Gasteiger partial charge in [-0.3, -0.25) is 0 Å². The minimum Gasteiger partial charge on any atom is -0.455 e. The molecule has 0 amide bonds. The van der Waals surface area contributed by atoms with Gasteiger partial charge in [-0.15, -0.1) is 0 Å². The highest BCUT2D eigenvalue weighted by Gasteiger charge is 2.18. The van der Waals surface area contributed by atoms with Crippen molar-refractivity contribution in [2.45, 2.75) is 0 Å². The van der Waals surface area contributed by atoms with Crippen LogP contribution >= 0.6 is 0 Å². The molecule has 0 aliphatic carbocycles. The molecule has 0 N–H and O–H groups in total. The topological polar surface area (TPSA) is 21.3 Å². The minimum atomic E-state index is 0.906. The van der Waals surface area contributed by atoms with Gasteiger partial charge in [0.1, 0.15) is 11.2 Å². The lowest BCUT2D eigenvalue weighted by Crippen LogP contribution is -2.09. The molecular weight excluding hydrogens is 741 g/mol. The molecule has 0 spiro atoms. The van der Waals surface area contributed by atoms with Crippen LogP contribution in [0.15, 0.2) is 235 Å². The van der Waals surface area contributed by atoms with Crippen molar-refractivity contribution in [2.75, 3.05) is 4.90 Å². The Morgan fingerprint density at radius 2 is 0.852 bits per heavy atom. The molecule has 0 unspecified atom stereocenters. The van der Waals surface area contributed by atoms with Crippen LogP contribution in [0.2, 0.25) is 0 Å². The van der Waals surface area contributed by atoms with E-state index in [1.807, 2.05) is 12.1 Å². The van der Waals surface area contributed by atoms with Crippen molar-refractivity contribution >= 4 is 71.6 Å². The van der Waals surface area contributed by atoms with Crippen LogP contribution in [0.5, 0.6) is 0 Å².